The van der Waals surface area contributed by atoms with Crippen molar-refractivity contribution in [3.05, 3.63) is 35.8 Å². The van der Waals surface area contributed by atoms with Crippen molar-refractivity contribution in [2.45, 2.75) is 12.8 Å². The Kier molecular flexibility index (Phi) is 3.20. The standard InChI is InChI=1S/C15H20N2S/c1-12-6-4-3-5-7-16-14(18-12)15-8-13(9-15)10-17(2)11-15/h3-6,13H,1,7-11H2,2H3/b5-3-,6-4-,16-14?. The molecule has 0 atom stereocenters. The van der Waals surface area contributed by atoms with E-state index >= 15 is 0 Å². The van der Waals surface area contributed by atoms with Crippen LogP contribution in [0.15, 0.2) is 40.8 Å². The molecule has 0 spiro atoms. The Balaban J connectivity index is 1.83. The molecule has 0 radical (unpaired) electrons. The molecule has 2 saturated heterocycles. The Morgan fingerprint density at radius 1 is 1.44 bits per heavy atom. The van der Waals surface area contributed by atoms with E-state index in [9.17, 15) is 0 Å². The molecule has 1 saturated carbocycles. The highest BCUT2D eigenvalue weighted by atomic mass is 32.2. The summed E-state index contributed by atoms with van der Waals surface area (Å²) in [4.78, 5) is 8.39. The van der Waals surface area contributed by atoms with Crippen LogP contribution >= 0.6 is 11.8 Å². The lowest BCUT2D eigenvalue weighted by Gasteiger charge is -2.56. The Morgan fingerprint density at radius 3 is 3.06 bits per heavy atom. The highest BCUT2D eigenvalue weighted by molar-refractivity contribution is 8.17. The smallest absolute Gasteiger partial charge is 0.0802 e. The van der Waals surface area contributed by atoms with Crippen molar-refractivity contribution < 1.29 is 0 Å². The number of nitrogens with zero attached hydrogens (tertiary/aromatic N) is 2. The molecule has 0 amide bonds. The molecule has 3 aliphatic heterocycles. The molecule has 4 rings (SSSR count). The average Bonchev–Trinajstić information content (AvgIpc) is 2.39. The Morgan fingerprint density at radius 2 is 2.28 bits per heavy atom. The topological polar surface area (TPSA) is 15.6 Å². The number of hydrogen-bond acceptors (Lipinski definition) is 3. The third-order valence-corrected chi connectivity index (χ3v) is 5.21. The van der Waals surface area contributed by atoms with Crippen molar-refractivity contribution in [2.75, 3.05) is 26.7 Å². The number of fused-ring (bicyclic) bond motifs is 2. The summed E-state index contributed by atoms with van der Waals surface area (Å²) < 4.78 is 0. The molecule has 3 heterocycles. The van der Waals surface area contributed by atoms with E-state index in [-0.39, 0.29) is 0 Å². The van der Waals surface area contributed by atoms with Gasteiger partial charge in [-0.25, -0.2) is 0 Å². The minimum atomic E-state index is 0.331. The summed E-state index contributed by atoms with van der Waals surface area (Å²) in [7, 11) is 2.23. The maximum Gasteiger partial charge on any atom is 0.0802 e. The Labute approximate surface area is 114 Å². The van der Waals surface area contributed by atoms with E-state index in [4.69, 9.17) is 4.99 Å². The predicted molar refractivity (Wildman–Crippen MR) is 80.0 cm³/mol. The lowest BCUT2D eigenvalue weighted by molar-refractivity contribution is 0.00346. The lowest BCUT2D eigenvalue weighted by Crippen LogP contribution is -2.58. The van der Waals surface area contributed by atoms with Crippen LogP contribution in [0.1, 0.15) is 12.8 Å². The molecular formula is C15H20N2S. The van der Waals surface area contributed by atoms with E-state index in [0.717, 1.165) is 23.9 Å². The maximum absolute atomic E-state index is 4.83. The maximum atomic E-state index is 4.83. The van der Waals surface area contributed by atoms with E-state index in [1.165, 1.54) is 24.4 Å². The van der Waals surface area contributed by atoms with Crippen LogP contribution in [0.3, 0.4) is 0 Å². The summed E-state index contributed by atoms with van der Waals surface area (Å²) in [6.45, 7) is 7.35. The first kappa shape index (κ1) is 12.2. The van der Waals surface area contributed by atoms with Gasteiger partial charge in [-0.1, -0.05) is 36.6 Å². The van der Waals surface area contributed by atoms with Crippen LogP contribution in [-0.2, 0) is 0 Å². The first-order valence-corrected chi connectivity index (χ1v) is 7.43. The first-order valence-electron chi connectivity index (χ1n) is 6.61. The number of hydrogen-bond donors (Lipinski definition) is 0. The van der Waals surface area contributed by atoms with Crippen LogP contribution in [0.25, 0.3) is 0 Å². The molecule has 4 aliphatic rings. The zero-order valence-corrected chi connectivity index (χ0v) is 11.7. The largest absolute Gasteiger partial charge is 0.305 e. The quantitative estimate of drug-likeness (QED) is 0.720. The van der Waals surface area contributed by atoms with Gasteiger partial charge in [0, 0.05) is 23.4 Å². The summed E-state index contributed by atoms with van der Waals surface area (Å²) in [5, 5.41) is 1.31. The van der Waals surface area contributed by atoms with Crippen LogP contribution in [0, 0.1) is 11.3 Å². The lowest BCUT2D eigenvalue weighted by atomic mass is 9.59. The second-order valence-corrected chi connectivity index (χ2v) is 6.87. The number of thioether (sulfide) groups is 1. The molecule has 2 bridgehead atoms. The molecule has 3 heteroatoms. The third kappa shape index (κ3) is 2.21. The van der Waals surface area contributed by atoms with Crippen molar-refractivity contribution in [1.82, 2.24) is 4.90 Å². The fourth-order valence-corrected chi connectivity index (χ4v) is 4.45. The molecule has 0 aromatic rings. The molecule has 0 aromatic carbocycles. The number of rotatable bonds is 1. The summed E-state index contributed by atoms with van der Waals surface area (Å²) in [6, 6.07) is 0. The Hall–Kier alpha value is -0.800. The van der Waals surface area contributed by atoms with Crippen molar-refractivity contribution >= 4 is 16.8 Å². The molecule has 18 heavy (non-hydrogen) atoms. The van der Waals surface area contributed by atoms with Crippen LogP contribution in [0.4, 0.5) is 0 Å². The van der Waals surface area contributed by atoms with Crippen molar-refractivity contribution in [1.29, 1.82) is 0 Å². The fourth-order valence-electron chi connectivity index (χ4n) is 3.47. The first-order chi connectivity index (χ1) is 8.68. The summed E-state index contributed by atoms with van der Waals surface area (Å²) in [5.41, 5.74) is 0.331. The van der Waals surface area contributed by atoms with Gasteiger partial charge in [0.1, 0.15) is 0 Å². The van der Waals surface area contributed by atoms with Gasteiger partial charge in [-0.2, -0.15) is 0 Å². The highest BCUT2D eigenvalue weighted by Gasteiger charge is 2.52. The van der Waals surface area contributed by atoms with E-state index in [1.807, 2.05) is 0 Å². The zero-order valence-electron chi connectivity index (χ0n) is 10.9. The summed E-state index contributed by atoms with van der Waals surface area (Å²) in [5.74, 6) is 0.888. The highest BCUT2D eigenvalue weighted by Crippen LogP contribution is 2.53. The van der Waals surface area contributed by atoms with E-state index in [2.05, 4.69) is 42.8 Å². The SMILES string of the molecule is C=C1/C=C\C=C/CN=C(C23CC(CN(C)C2)C3)S1. The van der Waals surface area contributed by atoms with Gasteiger partial charge in [0.25, 0.3) is 0 Å². The van der Waals surface area contributed by atoms with Gasteiger partial charge >= 0.3 is 0 Å². The number of allylic oxidation sites excluding steroid dienone is 3. The molecule has 96 valence electrons. The average molecular weight is 260 g/mol. The third-order valence-electron chi connectivity index (χ3n) is 4.05. The second kappa shape index (κ2) is 4.71. The van der Waals surface area contributed by atoms with Crippen LogP contribution in [0.2, 0.25) is 0 Å². The van der Waals surface area contributed by atoms with E-state index in [1.54, 1.807) is 11.8 Å². The van der Waals surface area contributed by atoms with E-state index in [0.29, 0.717) is 5.41 Å². The number of piperidine rings is 2. The molecule has 0 N–H and O–H groups in total. The van der Waals surface area contributed by atoms with Gasteiger partial charge in [0.05, 0.1) is 11.6 Å². The van der Waals surface area contributed by atoms with Crippen LogP contribution in [0.5, 0.6) is 0 Å². The molecule has 0 unspecified atom stereocenters. The summed E-state index contributed by atoms with van der Waals surface area (Å²) in [6.07, 6.45) is 11.0. The van der Waals surface area contributed by atoms with Crippen molar-refractivity contribution in [2.24, 2.45) is 16.3 Å². The van der Waals surface area contributed by atoms with E-state index < -0.39 is 0 Å². The molecule has 0 aromatic heterocycles. The number of aliphatic imine (C=N–C) groups is 1. The summed E-state index contributed by atoms with van der Waals surface area (Å²) >= 11 is 1.78. The molecular weight excluding hydrogens is 240 g/mol. The monoisotopic (exact) mass is 260 g/mol. The van der Waals surface area contributed by atoms with Gasteiger partial charge in [0.2, 0.25) is 0 Å². The minimum Gasteiger partial charge on any atom is -0.305 e. The normalized spacial score (nSPS) is 39.9. The second-order valence-electron chi connectivity index (χ2n) is 5.75. The molecule has 1 aliphatic carbocycles. The minimum absolute atomic E-state index is 0.331. The van der Waals surface area contributed by atoms with Gasteiger partial charge in [-0.05, 0) is 31.9 Å². The molecule has 3 fully saturated rings. The molecule has 2 nitrogen and oxygen atoms in total. The van der Waals surface area contributed by atoms with Crippen molar-refractivity contribution in [3.8, 4) is 0 Å². The van der Waals surface area contributed by atoms with Gasteiger partial charge in [0.15, 0.2) is 0 Å². The van der Waals surface area contributed by atoms with Gasteiger partial charge in [-0.3, -0.25) is 4.99 Å². The fraction of sp³-hybridized carbons (Fsp3) is 0.533. The van der Waals surface area contributed by atoms with Gasteiger partial charge in [-0.15, -0.1) is 0 Å². The van der Waals surface area contributed by atoms with Gasteiger partial charge < -0.3 is 4.90 Å². The zero-order chi connectivity index (χ0) is 12.6. The van der Waals surface area contributed by atoms with Crippen molar-refractivity contribution in [3.63, 3.8) is 0 Å². The Bertz CT molecular complexity index is 441. The predicted octanol–water partition coefficient (Wildman–Crippen LogP) is 3.10. The van der Waals surface area contributed by atoms with Crippen LogP contribution in [-0.4, -0.2) is 36.6 Å². The van der Waals surface area contributed by atoms with Crippen LogP contribution < -0.4 is 0 Å².